The minimum absolute atomic E-state index is 0.0113. The van der Waals surface area contributed by atoms with E-state index in [0.29, 0.717) is 23.6 Å². The molecule has 0 saturated carbocycles. The molecule has 4 rings (SSSR count). The van der Waals surface area contributed by atoms with E-state index in [2.05, 4.69) is 0 Å². The second-order valence-electron chi connectivity index (χ2n) is 5.37. The Labute approximate surface area is 122 Å². The first kappa shape index (κ1) is 12.0. The maximum atomic E-state index is 12.5. The van der Waals surface area contributed by atoms with Gasteiger partial charge in [-0.2, -0.15) is 0 Å². The molecule has 104 valence electrons. The van der Waals surface area contributed by atoms with Crippen LogP contribution in [0.4, 0.5) is 5.69 Å². The average Bonchev–Trinajstić information content (AvgIpc) is 2.70. The molecular weight excluding hydrogens is 264 g/mol. The second-order valence-corrected chi connectivity index (χ2v) is 5.37. The second kappa shape index (κ2) is 4.12. The van der Waals surface area contributed by atoms with E-state index in [1.54, 1.807) is 11.0 Å². The van der Waals surface area contributed by atoms with E-state index in [1.165, 1.54) is 0 Å². The fourth-order valence-electron chi connectivity index (χ4n) is 2.96. The monoisotopic (exact) mass is 278 g/mol. The van der Waals surface area contributed by atoms with E-state index >= 15 is 0 Å². The lowest BCUT2D eigenvalue weighted by Gasteiger charge is -2.14. The van der Waals surface area contributed by atoms with Crippen molar-refractivity contribution in [3.05, 3.63) is 53.6 Å². The number of carbonyl (C=O) groups is 1. The van der Waals surface area contributed by atoms with Crippen LogP contribution in [-0.4, -0.2) is 24.4 Å². The molecule has 1 amide bonds. The first-order valence-corrected chi connectivity index (χ1v) is 6.81. The van der Waals surface area contributed by atoms with E-state index in [1.807, 2.05) is 43.4 Å². The lowest BCUT2D eigenvalue weighted by atomic mass is 9.96. The third kappa shape index (κ3) is 1.65. The summed E-state index contributed by atoms with van der Waals surface area (Å²) in [5.41, 5.74) is 9.97. The van der Waals surface area contributed by atoms with Crippen LogP contribution < -0.4 is 10.5 Å². The maximum absolute atomic E-state index is 12.5. The summed E-state index contributed by atoms with van der Waals surface area (Å²) in [6, 6.07) is 13.2. The molecular formula is C17H14N2O2. The topological polar surface area (TPSA) is 55.6 Å². The Balaban J connectivity index is 2.07. The number of likely N-dealkylation sites (N-methyl/N-ethyl adjacent to an activating group) is 1. The van der Waals surface area contributed by atoms with Gasteiger partial charge in [0.2, 0.25) is 0 Å². The van der Waals surface area contributed by atoms with Crippen LogP contribution in [0.1, 0.15) is 11.1 Å². The first-order chi connectivity index (χ1) is 10.1. The molecule has 0 fully saturated rings. The quantitative estimate of drug-likeness (QED) is 0.754. The van der Waals surface area contributed by atoms with Crippen molar-refractivity contribution in [3.63, 3.8) is 0 Å². The molecule has 2 heterocycles. The minimum atomic E-state index is 0.0113. The normalized spacial score (nSPS) is 16.0. The molecule has 0 aliphatic carbocycles. The summed E-state index contributed by atoms with van der Waals surface area (Å²) < 4.78 is 6.01. The smallest absolute Gasteiger partial charge is 0.255 e. The molecule has 0 atom stereocenters. The first-order valence-electron chi connectivity index (χ1n) is 6.81. The Morgan fingerprint density at radius 2 is 1.86 bits per heavy atom. The zero-order chi connectivity index (χ0) is 14.6. The van der Waals surface area contributed by atoms with E-state index in [0.717, 1.165) is 22.4 Å². The number of hydrogen-bond donors (Lipinski definition) is 1. The Morgan fingerprint density at radius 1 is 1.10 bits per heavy atom. The van der Waals surface area contributed by atoms with Gasteiger partial charge in [0.05, 0.1) is 5.57 Å². The van der Waals surface area contributed by atoms with Crippen LogP contribution in [0.5, 0.6) is 11.5 Å². The summed E-state index contributed by atoms with van der Waals surface area (Å²) in [4.78, 5) is 14.3. The highest BCUT2D eigenvalue weighted by Gasteiger charge is 2.34. The van der Waals surface area contributed by atoms with Gasteiger partial charge in [-0.25, -0.2) is 0 Å². The number of amides is 1. The van der Waals surface area contributed by atoms with Crippen LogP contribution in [0, 0.1) is 0 Å². The van der Waals surface area contributed by atoms with Gasteiger partial charge in [-0.05, 0) is 29.8 Å². The van der Waals surface area contributed by atoms with Gasteiger partial charge in [0, 0.05) is 30.4 Å². The molecule has 0 unspecified atom stereocenters. The third-order valence-corrected chi connectivity index (χ3v) is 3.96. The summed E-state index contributed by atoms with van der Waals surface area (Å²) in [7, 11) is 1.81. The number of nitrogens with zero attached hydrogens (tertiary/aromatic N) is 1. The number of hydrogen-bond acceptors (Lipinski definition) is 3. The molecule has 0 spiro atoms. The van der Waals surface area contributed by atoms with Gasteiger partial charge in [0.1, 0.15) is 11.5 Å². The van der Waals surface area contributed by atoms with Gasteiger partial charge in [-0.15, -0.1) is 0 Å². The van der Waals surface area contributed by atoms with Gasteiger partial charge >= 0.3 is 0 Å². The summed E-state index contributed by atoms with van der Waals surface area (Å²) in [6.07, 6.45) is 0. The number of nitrogens with two attached hydrogens (primary N) is 1. The number of rotatable bonds is 0. The van der Waals surface area contributed by atoms with Gasteiger partial charge in [-0.3, -0.25) is 4.79 Å². The highest BCUT2D eigenvalue weighted by Crippen LogP contribution is 2.45. The maximum Gasteiger partial charge on any atom is 0.255 e. The highest BCUT2D eigenvalue weighted by molar-refractivity contribution is 6.31. The van der Waals surface area contributed by atoms with Crippen molar-refractivity contribution in [2.24, 2.45) is 0 Å². The van der Waals surface area contributed by atoms with Crippen molar-refractivity contribution in [2.45, 2.75) is 0 Å². The minimum Gasteiger partial charge on any atom is -0.456 e. The third-order valence-electron chi connectivity index (χ3n) is 3.96. The number of nitrogen functional groups attached to an aromatic ring is 1. The zero-order valence-corrected chi connectivity index (χ0v) is 11.6. The molecule has 2 aromatic carbocycles. The van der Waals surface area contributed by atoms with E-state index in [-0.39, 0.29) is 5.91 Å². The van der Waals surface area contributed by atoms with E-state index < -0.39 is 0 Å². The number of fused-ring (bicyclic) bond motifs is 4. The molecule has 0 saturated heterocycles. The largest absolute Gasteiger partial charge is 0.456 e. The number of benzene rings is 2. The number of ether oxygens (including phenoxy) is 1. The van der Waals surface area contributed by atoms with Crippen LogP contribution in [-0.2, 0) is 4.79 Å². The van der Waals surface area contributed by atoms with Crippen molar-refractivity contribution in [1.29, 1.82) is 0 Å². The van der Waals surface area contributed by atoms with Gasteiger partial charge in [0.15, 0.2) is 0 Å². The summed E-state index contributed by atoms with van der Waals surface area (Å²) in [5.74, 6) is 1.46. The Morgan fingerprint density at radius 3 is 2.71 bits per heavy atom. The number of anilines is 1. The average molecular weight is 278 g/mol. The van der Waals surface area contributed by atoms with Crippen LogP contribution in [0.3, 0.4) is 0 Å². The molecule has 2 aliphatic heterocycles. The van der Waals surface area contributed by atoms with Gasteiger partial charge in [-0.1, -0.05) is 18.2 Å². The van der Waals surface area contributed by atoms with Gasteiger partial charge < -0.3 is 15.4 Å². The molecule has 2 N–H and O–H groups in total. The van der Waals surface area contributed by atoms with Crippen LogP contribution in [0.15, 0.2) is 42.5 Å². The van der Waals surface area contributed by atoms with Crippen LogP contribution in [0.2, 0.25) is 0 Å². The molecule has 21 heavy (non-hydrogen) atoms. The Bertz CT molecular complexity index is 808. The summed E-state index contributed by atoms with van der Waals surface area (Å²) in [6.45, 7) is 0.586. The number of para-hydroxylation sites is 1. The van der Waals surface area contributed by atoms with Crippen LogP contribution in [0.25, 0.3) is 11.1 Å². The Kier molecular flexibility index (Phi) is 2.36. The van der Waals surface area contributed by atoms with Crippen molar-refractivity contribution in [3.8, 4) is 11.5 Å². The lowest BCUT2D eigenvalue weighted by molar-refractivity contribution is -0.122. The molecule has 2 aliphatic rings. The molecule has 0 radical (unpaired) electrons. The summed E-state index contributed by atoms with van der Waals surface area (Å²) >= 11 is 0. The predicted molar refractivity (Wildman–Crippen MR) is 81.8 cm³/mol. The zero-order valence-electron chi connectivity index (χ0n) is 11.6. The Hall–Kier alpha value is -2.75. The predicted octanol–water partition coefficient (Wildman–Crippen LogP) is 2.76. The molecule has 0 bridgehead atoms. The van der Waals surface area contributed by atoms with E-state index in [9.17, 15) is 4.79 Å². The molecule has 2 aromatic rings. The van der Waals surface area contributed by atoms with Crippen molar-refractivity contribution < 1.29 is 9.53 Å². The SMILES string of the molecule is CN1CC2=C(C1=O)c1cc(N)ccc1Oc1ccccc12. The lowest BCUT2D eigenvalue weighted by Crippen LogP contribution is -2.21. The highest BCUT2D eigenvalue weighted by atomic mass is 16.5. The van der Waals surface area contributed by atoms with Crippen LogP contribution >= 0.6 is 0 Å². The van der Waals surface area contributed by atoms with E-state index in [4.69, 9.17) is 10.5 Å². The van der Waals surface area contributed by atoms with Crippen molar-refractivity contribution in [2.75, 3.05) is 19.3 Å². The van der Waals surface area contributed by atoms with Crippen molar-refractivity contribution >= 4 is 22.7 Å². The summed E-state index contributed by atoms with van der Waals surface area (Å²) in [5, 5.41) is 0. The molecule has 0 aromatic heterocycles. The van der Waals surface area contributed by atoms with Crippen molar-refractivity contribution in [1.82, 2.24) is 4.90 Å². The number of carbonyl (C=O) groups excluding carboxylic acids is 1. The molecule has 4 heteroatoms. The fraction of sp³-hybridized carbons (Fsp3) is 0.118. The molecule has 4 nitrogen and oxygen atoms in total. The fourth-order valence-corrected chi connectivity index (χ4v) is 2.96. The van der Waals surface area contributed by atoms with Gasteiger partial charge in [0.25, 0.3) is 5.91 Å². The standard InChI is InChI=1S/C17H14N2O2/c1-19-9-13-11-4-2-3-5-14(11)21-15-7-6-10(18)8-12(15)16(13)17(19)20/h2-8H,9,18H2,1H3.